The van der Waals surface area contributed by atoms with Crippen LogP contribution in [0.4, 0.5) is 10.6 Å². The summed E-state index contributed by atoms with van der Waals surface area (Å²) in [4.78, 5) is 39.4. The Bertz CT molecular complexity index is 1330. The van der Waals surface area contributed by atoms with Crippen LogP contribution in [-0.2, 0) is 11.3 Å². The number of carbonyl (C=O) groups excluding carboxylic acids is 2. The van der Waals surface area contributed by atoms with Crippen LogP contribution in [0.3, 0.4) is 0 Å². The van der Waals surface area contributed by atoms with Crippen LogP contribution in [0.2, 0.25) is 0 Å². The molecule has 3 aromatic heterocycles. The molecule has 11 heteroatoms. The number of carbonyl (C=O) groups is 2. The van der Waals surface area contributed by atoms with Crippen LogP contribution < -0.4 is 15.5 Å². The molecule has 1 fully saturated rings. The summed E-state index contributed by atoms with van der Waals surface area (Å²) in [6.45, 7) is 6.89. The van der Waals surface area contributed by atoms with Crippen LogP contribution in [0, 0.1) is 11.3 Å². The van der Waals surface area contributed by atoms with Crippen molar-refractivity contribution in [3.8, 4) is 11.8 Å². The fraction of sp³-hybridized carbons (Fsp3) is 0.360. The summed E-state index contributed by atoms with van der Waals surface area (Å²) in [5, 5.41) is 25.5. The third kappa shape index (κ3) is 5.78. The van der Waals surface area contributed by atoms with Crippen molar-refractivity contribution in [2.24, 2.45) is 0 Å². The Morgan fingerprint density at radius 2 is 2.03 bits per heavy atom. The number of hydrogen-bond donors (Lipinski definition) is 3. The lowest BCUT2D eigenvalue weighted by atomic mass is 10.2. The monoisotopic (exact) mass is 489 g/mol. The number of anilines is 1. The largest absolute Gasteiger partial charge is 0.505 e. The number of alkyl carbamates (subject to hydrolysis) is 1. The van der Waals surface area contributed by atoms with Gasteiger partial charge in [-0.05, 0) is 51.0 Å². The summed E-state index contributed by atoms with van der Waals surface area (Å²) >= 11 is 0. The molecule has 0 saturated carbocycles. The lowest BCUT2D eigenvalue weighted by molar-refractivity contribution is 0.0508. The molecule has 4 rings (SSSR count). The number of nitrogens with zero attached hydrogens (tertiary/aromatic N) is 5. The average molecular weight is 490 g/mol. The molecule has 1 aliphatic rings. The van der Waals surface area contributed by atoms with E-state index in [1.165, 1.54) is 12.4 Å². The number of aromatic nitrogens is 3. The first-order chi connectivity index (χ1) is 17.1. The summed E-state index contributed by atoms with van der Waals surface area (Å²) in [5.41, 5.74) is 0.768. The van der Waals surface area contributed by atoms with Gasteiger partial charge < -0.3 is 25.4 Å². The number of nitrogens with one attached hydrogen (secondary N) is 2. The first-order valence-electron chi connectivity index (χ1n) is 11.5. The maximum Gasteiger partial charge on any atom is 0.407 e. The van der Waals surface area contributed by atoms with Gasteiger partial charge in [0.25, 0.3) is 5.91 Å². The van der Waals surface area contributed by atoms with Gasteiger partial charge in [-0.2, -0.15) is 5.26 Å². The molecule has 11 nitrogen and oxygen atoms in total. The molecule has 0 aliphatic carbocycles. The molecule has 1 aliphatic heterocycles. The van der Waals surface area contributed by atoms with Crippen LogP contribution in [0.1, 0.15) is 48.9 Å². The van der Waals surface area contributed by atoms with Gasteiger partial charge in [-0.1, -0.05) is 6.07 Å². The van der Waals surface area contributed by atoms with E-state index in [-0.39, 0.29) is 29.7 Å². The van der Waals surface area contributed by atoms with Crippen molar-refractivity contribution in [1.29, 1.82) is 5.26 Å². The highest BCUT2D eigenvalue weighted by Crippen LogP contribution is 2.29. The molecule has 3 aromatic rings. The Kier molecular flexibility index (Phi) is 6.87. The van der Waals surface area contributed by atoms with Crippen molar-refractivity contribution in [3.05, 3.63) is 53.6 Å². The molecule has 1 saturated heterocycles. The second-order valence-corrected chi connectivity index (χ2v) is 9.48. The average Bonchev–Trinajstić information content (AvgIpc) is 3.30. The van der Waals surface area contributed by atoms with E-state index in [0.29, 0.717) is 35.4 Å². The molecular formula is C25H27N7O4. The minimum atomic E-state index is -0.562. The fourth-order valence-electron chi connectivity index (χ4n) is 3.84. The van der Waals surface area contributed by atoms with E-state index in [1.54, 1.807) is 24.3 Å². The molecule has 186 valence electrons. The number of pyridine rings is 3. The van der Waals surface area contributed by atoms with Crippen LogP contribution in [-0.4, -0.2) is 56.8 Å². The van der Waals surface area contributed by atoms with Crippen molar-refractivity contribution < 1.29 is 19.4 Å². The number of ether oxygens (including phenoxy) is 1. The van der Waals surface area contributed by atoms with Gasteiger partial charge in [0, 0.05) is 31.2 Å². The molecule has 2 amide bonds. The van der Waals surface area contributed by atoms with Gasteiger partial charge in [0.2, 0.25) is 0 Å². The Balaban J connectivity index is 1.41. The molecule has 0 aromatic carbocycles. The highest BCUT2D eigenvalue weighted by atomic mass is 16.6. The standard InChI is InChI=1S/C25H27N7O4/c1-25(2,3)36-24(35)30-17-8-9-32(14-17)20-7-6-18-19(31-20)13-28-21(22(18)33)23(34)29-12-15-4-5-16(10-26)27-11-15/h4-7,11,13,17,33H,8-9,12,14H2,1-3H3,(H,29,34)(H,30,35)/t17-/m0/s1. The first-order valence-corrected chi connectivity index (χ1v) is 11.5. The first kappa shape index (κ1) is 24.7. The molecule has 3 N–H and O–H groups in total. The summed E-state index contributed by atoms with van der Waals surface area (Å²) in [6, 6.07) is 8.59. The highest BCUT2D eigenvalue weighted by Gasteiger charge is 2.27. The Morgan fingerprint density at radius 1 is 1.22 bits per heavy atom. The fourth-order valence-corrected chi connectivity index (χ4v) is 3.84. The lowest BCUT2D eigenvalue weighted by Gasteiger charge is -2.22. The van der Waals surface area contributed by atoms with E-state index in [1.807, 2.05) is 31.7 Å². The summed E-state index contributed by atoms with van der Waals surface area (Å²) in [6.07, 6.45) is 3.25. The molecule has 0 unspecified atom stereocenters. The molecule has 0 bridgehead atoms. The van der Waals surface area contributed by atoms with Crippen molar-refractivity contribution in [3.63, 3.8) is 0 Å². The van der Waals surface area contributed by atoms with E-state index in [0.717, 1.165) is 6.42 Å². The Labute approximate surface area is 208 Å². The van der Waals surface area contributed by atoms with E-state index in [2.05, 4.69) is 25.6 Å². The minimum Gasteiger partial charge on any atom is -0.505 e. The predicted molar refractivity (Wildman–Crippen MR) is 131 cm³/mol. The zero-order valence-corrected chi connectivity index (χ0v) is 20.3. The lowest BCUT2D eigenvalue weighted by Crippen LogP contribution is -2.40. The van der Waals surface area contributed by atoms with Crippen molar-refractivity contribution in [1.82, 2.24) is 25.6 Å². The number of aromatic hydroxyl groups is 1. The maximum absolute atomic E-state index is 12.6. The molecule has 0 spiro atoms. The van der Waals surface area contributed by atoms with Crippen LogP contribution >= 0.6 is 0 Å². The third-order valence-electron chi connectivity index (χ3n) is 5.55. The van der Waals surface area contributed by atoms with Gasteiger partial charge >= 0.3 is 6.09 Å². The SMILES string of the molecule is CC(C)(C)OC(=O)N[C@H]1CCN(c2ccc3c(O)c(C(=O)NCc4ccc(C#N)nc4)ncc3n2)C1. The molecular weight excluding hydrogens is 462 g/mol. The summed E-state index contributed by atoms with van der Waals surface area (Å²) in [7, 11) is 0. The number of fused-ring (bicyclic) bond motifs is 1. The molecule has 36 heavy (non-hydrogen) atoms. The number of hydrogen-bond acceptors (Lipinski definition) is 9. The van der Waals surface area contributed by atoms with Gasteiger partial charge in [0.05, 0.1) is 17.8 Å². The molecule has 1 atom stereocenters. The quantitative estimate of drug-likeness (QED) is 0.491. The second kappa shape index (κ2) is 10.0. The normalized spacial score (nSPS) is 15.4. The summed E-state index contributed by atoms with van der Waals surface area (Å²) in [5.74, 6) is -0.117. The zero-order valence-electron chi connectivity index (χ0n) is 20.3. The van der Waals surface area contributed by atoms with Crippen molar-refractivity contribution >= 4 is 28.7 Å². The van der Waals surface area contributed by atoms with Gasteiger partial charge in [-0.3, -0.25) is 4.79 Å². The van der Waals surface area contributed by atoms with Crippen LogP contribution in [0.5, 0.6) is 5.75 Å². The van der Waals surface area contributed by atoms with Gasteiger partial charge in [-0.25, -0.2) is 19.7 Å². The summed E-state index contributed by atoms with van der Waals surface area (Å²) < 4.78 is 5.33. The van der Waals surface area contributed by atoms with E-state index in [9.17, 15) is 14.7 Å². The predicted octanol–water partition coefficient (Wildman–Crippen LogP) is 2.64. The maximum atomic E-state index is 12.6. The molecule has 0 radical (unpaired) electrons. The highest BCUT2D eigenvalue weighted by molar-refractivity contribution is 6.00. The van der Waals surface area contributed by atoms with Gasteiger partial charge in [0.15, 0.2) is 11.4 Å². The van der Waals surface area contributed by atoms with E-state index in [4.69, 9.17) is 10.00 Å². The van der Waals surface area contributed by atoms with Gasteiger partial charge in [0.1, 0.15) is 23.2 Å². The molecule has 4 heterocycles. The van der Waals surface area contributed by atoms with Crippen LogP contribution in [0.25, 0.3) is 10.9 Å². The smallest absolute Gasteiger partial charge is 0.407 e. The van der Waals surface area contributed by atoms with Crippen molar-refractivity contribution in [2.75, 3.05) is 18.0 Å². The third-order valence-corrected chi connectivity index (χ3v) is 5.55. The van der Waals surface area contributed by atoms with Crippen molar-refractivity contribution in [2.45, 2.75) is 45.4 Å². The Morgan fingerprint density at radius 3 is 2.72 bits per heavy atom. The van der Waals surface area contributed by atoms with E-state index < -0.39 is 17.6 Å². The second-order valence-electron chi connectivity index (χ2n) is 9.48. The van der Waals surface area contributed by atoms with Crippen LogP contribution in [0.15, 0.2) is 36.7 Å². The topological polar surface area (TPSA) is 153 Å². The Hall–Kier alpha value is -4.46. The number of rotatable bonds is 5. The minimum absolute atomic E-state index is 0.0683. The zero-order chi connectivity index (χ0) is 25.9. The van der Waals surface area contributed by atoms with Gasteiger partial charge in [-0.15, -0.1) is 0 Å². The van der Waals surface area contributed by atoms with E-state index >= 15 is 0 Å². The number of amides is 2. The number of nitriles is 1.